The number of nitrogens with one attached hydrogen (secondary N) is 1. The van der Waals surface area contributed by atoms with Gasteiger partial charge in [-0.25, -0.2) is 0 Å². The molecule has 2 aliphatic rings. The first kappa shape index (κ1) is 15.0. The zero-order valence-corrected chi connectivity index (χ0v) is 12.9. The van der Waals surface area contributed by atoms with Gasteiger partial charge in [-0.1, -0.05) is 19.1 Å². The van der Waals surface area contributed by atoms with Crippen LogP contribution in [0.1, 0.15) is 41.6 Å². The third-order valence-corrected chi connectivity index (χ3v) is 4.84. The van der Waals surface area contributed by atoms with Crippen LogP contribution in [0.4, 0.5) is 0 Å². The van der Waals surface area contributed by atoms with Crippen molar-refractivity contribution in [3.63, 3.8) is 0 Å². The standard InChI is InChI=1S/C17H23N3O2/c1-2-13-10-19-7-8-20(13)17(22)15-9-14(15)11-3-5-12(6-4-11)16(18)21/h3-6,13-15,19H,2,7-10H2,1H3,(H2,18,21)/t13-,14+,15-/m0/s1. The normalized spacial score (nSPS) is 27.5. The van der Waals surface area contributed by atoms with E-state index < -0.39 is 5.91 Å². The number of hydrogen-bond acceptors (Lipinski definition) is 3. The molecule has 118 valence electrons. The van der Waals surface area contributed by atoms with E-state index in [1.807, 2.05) is 12.1 Å². The summed E-state index contributed by atoms with van der Waals surface area (Å²) in [4.78, 5) is 25.9. The van der Waals surface area contributed by atoms with Crippen molar-refractivity contribution in [3.8, 4) is 0 Å². The summed E-state index contributed by atoms with van der Waals surface area (Å²) in [6.45, 7) is 4.71. The van der Waals surface area contributed by atoms with Crippen LogP contribution in [0.25, 0.3) is 0 Å². The third-order valence-electron chi connectivity index (χ3n) is 4.84. The number of hydrogen-bond donors (Lipinski definition) is 2. The summed E-state index contributed by atoms with van der Waals surface area (Å²) in [6.07, 6.45) is 1.90. The lowest BCUT2D eigenvalue weighted by Crippen LogP contribution is -2.53. The van der Waals surface area contributed by atoms with Crippen LogP contribution in [-0.2, 0) is 4.79 Å². The minimum absolute atomic E-state index is 0.103. The SMILES string of the molecule is CC[C@H]1CNCCN1C(=O)[C@H]1C[C@@H]1c1ccc(C(N)=O)cc1. The number of piperazine rings is 1. The summed E-state index contributed by atoms with van der Waals surface area (Å²) in [7, 11) is 0. The molecule has 5 heteroatoms. The van der Waals surface area contributed by atoms with E-state index in [2.05, 4.69) is 17.1 Å². The number of carbonyl (C=O) groups is 2. The largest absolute Gasteiger partial charge is 0.366 e. The highest BCUT2D eigenvalue weighted by Crippen LogP contribution is 2.48. The molecule has 0 unspecified atom stereocenters. The van der Waals surface area contributed by atoms with Crippen LogP contribution in [0.3, 0.4) is 0 Å². The Kier molecular flexibility index (Phi) is 4.16. The lowest BCUT2D eigenvalue weighted by Gasteiger charge is -2.36. The van der Waals surface area contributed by atoms with Gasteiger partial charge in [-0.2, -0.15) is 0 Å². The predicted octanol–water partition coefficient (Wildman–Crippen LogP) is 1.10. The second-order valence-electron chi connectivity index (χ2n) is 6.23. The van der Waals surface area contributed by atoms with Gasteiger partial charge in [0.15, 0.2) is 0 Å². The van der Waals surface area contributed by atoms with Gasteiger partial charge in [0.25, 0.3) is 0 Å². The molecule has 1 saturated heterocycles. The van der Waals surface area contributed by atoms with Gasteiger partial charge < -0.3 is 16.0 Å². The summed E-state index contributed by atoms with van der Waals surface area (Å²) < 4.78 is 0. The van der Waals surface area contributed by atoms with Gasteiger partial charge in [-0.05, 0) is 36.5 Å². The molecule has 22 heavy (non-hydrogen) atoms. The van der Waals surface area contributed by atoms with Crippen molar-refractivity contribution < 1.29 is 9.59 Å². The van der Waals surface area contributed by atoms with Crippen LogP contribution in [0, 0.1) is 5.92 Å². The van der Waals surface area contributed by atoms with Crippen LogP contribution in [0.5, 0.6) is 0 Å². The van der Waals surface area contributed by atoms with Crippen LogP contribution in [0.2, 0.25) is 0 Å². The minimum atomic E-state index is -0.415. The molecule has 3 rings (SSSR count). The first-order chi connectivity index (χ1) is 10.6. The van der Waals surface area contributed by atoms with Gasteiger partial charge in [-0.3, -0.25) is 9.59 Å². The minimum Gasteiger partial charge on any atom is -0.366 e. The second kappa shape index (κ2) is 6.08. The zero-order valence-electron chi connectivity index (χ0n) is 12.9. The fourth-order valence-corrected chi connectivity index (χ4v) is 3.36. The molecule has 0 bridgehead atoms. The average Bonchev–Trinajstić information content (AvgIpc) is 3.35. The van der Waals surface area contributed by atoms with Gasteiger partial charge in [0.2, 0.25) is 11.8 Å². The summed E-state index contributed by atoms with van der Waals surface area (Å²) in [5, 5.41) is 3.35. The molecule has 1 aliphatic carbocycles. The third kappa shape index (κ3) is 2.86. The molecular formula is C17H23N3O2. The predicted molar refractivity (Wildman–Crippen MR) is 84.5 cm³/mol. The van der Waals surface area contributed by atoms with E-state index >= 15 is 0 Å². The van der Waals surface area contributed by atoms with Crippen LogP contribution >= 0.6 is 0 Å². The maximum absolute atomic E-state index is 12.7. The first-order valence-electron chi connectivity index (χ1n) is 8.02. The van der Waals surface area contributed by atoms with E-state index in [-0.39, 0.29) is 11.8 Å². The van der Waals surface area contributed by atoms with Gasteiger partial charge in [0.1, 0.15) is 0 Å². The van der Waals surface area contributed by atoms with Crippen LogP contribution in [-0.4, -0.2) is 42.4 Å². The summed E-state index contributed by atoms with van der Waals surface area (Å²) in [5.74, 6) is 0.271. The Morgan fingerprint density at radius 2 is 2.05 bits per heavy atom. The van der Waals surface area contributed by atoms with Crippen molar-refractivity contribution in [2.24, 2.45) is 11.7 Å². The monoisotopic (exact) mass is 301 g/mol. The van der Waals surface area contributed by atoms with E-state index in [4.69, 9.17) is 5.73 Å². The molecule has 5 nitrogen and oxygen atoms in total. The van der Waals surface area contributed by atoms with E-state index in [1.165, 1.54) is 0 Å². The highest BCUT2D eigenvalue weighted by atomic mass is 16.2. The smallest absolute Gasteiger partial charge is 0.248 e. The number of nitrogens with two attached hydrogens (primary N) is 1. The van der Waals surface area contributed by atoms with Gasteiger partial charge >= 0.3 is 0 Å². The average molecular weight is 301 g/mol. The maximum atomic E-state index is 12.7. The highest BCUT2D eigenvalue weighted by Gasteiger charge is 2.46. The van der Waals surface area contributed by atoms with Crippen molar-refractivity contribution in [1.29, 1.82) is 0 Å². The number of rotatable bonds is 4. The fourth-order valence-electron chi connectivity index (χ4n) is 3.36. The molecule has 1 aromatic carbocycles. The van der Waals surface area contributed by atoms with E-state index in [1.54, 1.807) is 12.1 Å². The molecule has 0 radical (unpaired) electrons. The topological polar surface area (TPSA) is 75.4 Å². The Hall–Kier alpha value is -1.88. The molecule has 3 atom stereocenters. The number of carbonyl (C=O) groups excluding carboxylic acids is 2. The molecule has 0 aromatic heterocycles. The van der Waals surface area contributed by atoms with Gasteiger partial charge in [0, 0.05) is 37.2 Å². The molecule has 2 fully saturated rings. The maximum Gasteiger partial charge on any atom is 0.248 e. The summed E-state index contributed by atoms with van der Waals surface area (Å²) >= 11 is 0. The van der Waals surface area contributed by atoms with Crippen molar-refractivity contribution in [2.45, 2.75) is 31.7 Å². The van der Waals surface area contributed by atoms with Gasteiger partial charge in [-0.15, -0.1) is 0 Å². The fraction of sp³-hybridized carbons (Fsp3) is 0.529. The number of primary amides is 1. The van der Waals surface area contributed by atoms with Crippen molar-refractivity contribution >= 4 is 11.8 Å². The number of nitrogens with zero attached hydrogens (tertiary/aromatic N) is 1. The quantitative estimate of drug-likeness (QED) is 0.874. The molecule has 0 spiro atoms. The highest BCUT2D eigenvalue weighted by molar-refractivity contribution is 5.92. The van der Waals surface area contributed by atoms with Crippen molar-refractivity contribution in [3.05, 3.63) is 35.4 Å². The molecule has 1 aliphatic heterocycles. The molecule has 1 aromatic rings. The number of amides is 2. The summed E-state index contributed by atoms with van der Waals surface area (Å²) in [5.41, 5.74) is 6.90. The number of benzene rings is 1. The summed E-state index contributed by atoms with van der Waals surface area (Å²) in [6, 6.07) is 7.66. The molecule has 3 N–H and O–H groups in total. The zero-order chi connectivity index (χ0) is 15.7. The second-order valence-corrected chi connectivity index (χ2v) is 6.23. The first-order valence-corrected chi connectivity index (χ1v) is 8.02. The van der Waals surface area contributed by atoms with Crippen LogP contribution in [0.15, 0.2) is 24.3 Å². The van der Waals surface area contributed by atoms with Gasteiger partial charge in [0.05, 0.1) is 0 Å². The van der Waals surface area contributed by atoms with Crippen molar-refractivity contribution in [1.82, 2.24) is 10.2 Å². The molecule has 1 saturated carbocycles. The lowest BCUT2D eigenvalue weighted by atomic mass is 10.0. The van der Waals surface area contributed by atoms with E-state index in [0.29, 0.717) is 17.5 Å². The van der Waals surface area contributed by atoms with E-state index in [9.17, 15) is 9.59 Å². The Morgan fingerprint density at radius 1 is 1.32 bits per heavy atom. The molecule has 2 amide bonds. The lowest BCUT2D eigenvalue weighted by molar-refractivity contribution is -0.135. The van der Waals surface area contributed by atoms with E-state index in [0.717, 1.165) is 38.0 Å². The Balaban J connectivity index is 1.65. The van der Waals surface area contributed by atoms with Crippen molar-refractivity contribution in [2.75, 3.05) is 19.6 Å². The Bertz CT molecular complexity index is 570. The molecule has 1 heterocycles. The Morgan fingerprint density at radius 3 is 2.68 bits per heavy atom. The Labute approximate surface area is 130 Å². The molecular weight excluding hydrogens is 278 g/mol. The van der Waals surface area contributed by atoms with Crippen LogP contribution < -0.4 is 11.1 Å².